The first-order valence-electron chi connectivity index (χ1n) is 10.3. The number of hydrogen-bond acceptors (Lipinski definition) is 4. The van der Waals surface area contributed by atoms with Crippen LogP contribution in [0.1, 0.15) is 25.3 Å². The molecule has 2 saturated heterocycles. The van der Waals surface area contributed by atoms with Gasteiger partial charge in [-0.05, 0) is 37.5 Å². The zero-order chi connectivity index (χ0) is 20.1. The number of nitrogens with zero attached hydrogens (tertiary/aromatic N) is 4. The molecule has 0 bridgehead atoms. The molecule has 8 heteroatoms. The van der Waals surface area contributed by atoms with Crippen molar-refractivity contribution >= 4 is 5.96 Å². The van der Waals surface area contributed by atoms with Gasteiger partial charge in [0.1, 0.15) is 11.9 Å². The van der Waals surface area contributed by atoms with Gasteiger partial charge >= 0.3 is 0 Å². The summed E-state index contributed by atoms with van der Waals surface area (Å²) in [4.78, 5) is 10.9. The highest BCUT2D eigenvalue weighted by molar-refractivity contribution is 5.80. The lowest BCUT2D eigenvalue weighted by molar-refractivity contribution is -0.0817. The predicted octanol–water partition coefficient (Wildman–Crippen LogP) is 2.36. The normalized spacial score (nSPS) is 22.8. The van der Waals surface area contributed by atoms with Crippen LogP contribution in [0.4, 0.5) is 4.39 Å². The molecule has 2 atom stereocenters. The van der Waals surface area contributed by atoms with Gasteiger partial charge in [-0.15, -0.1) is 0 Å². The van der Waals surface area contributed by atoms with E-state index in [-0.39, 0.29) is 18.0 Å². The summed E-state index contributed by atoms with van der Waals surface area (Å²) in [5, 5.41) is 3.36. The number of hydrogen-bond donors (Lipinski definition) is 1. The summed E-state index contributed by atoms with van der Waals surface area (Å²) in [7, 11) is 0. The van der Waals surface area contributed by atoms with E-state index in [0.717, 1.165) is 50.6 Å². The topological polar surface area (TPSA) is 63.9 Å². The van der Waals surface area contributed by atoms with Crippen molar-refractivity contribution in [2.24, 2.45) is 4.99 Å². The number of rotatable bonds is 5. The van der Waals surface area contributed by atoms with Gasteiger partial charge in [-0.3, -0.25) is 0 Å². The fourth-order valence-corrected chi connectivity index (χ4v) is 3.84. The first kappa shape index (κ1) is 19.8. The second kappa shape index (κ2) is 9.37. The van der Waals surface area contributed by atoms with E-state index in [1.807, 2.05) is 13.0 Å². The Bertz CT molecular complexity index is 820. The highest BCUT2D eigenvalue weighted by atomic mass is 19.1. The van der Waals surface area contributed by atoms with Crippen molar-refractivity contribution in [3.05, 3.63) is 48.3 Å². The van der Waals surface area contributed by atoms with E-state index in [1.165, 1.54) is 6.07 Å². The molecular weight excluding hydrogens is 373 g/mol. The van der Waals surface area contributed by atoms with Gasteiger partial charge in [-0.2, -0.15) is 0 Å². The third kappa shape index (κ3) is 4.76. The molecule has 2 unspecified atom stereocenters. The first-order chi connectivity index (χ1) is 14.2. The number of guanidine groups is 1. The van der Waals surface area contributed by atoms with E-state index >= 15 is 0 Å². The number of aliphatic imine (C=N–C) groups is 1. The Balaban J connectivity index is 1.44. The van der Waals surface area contributed by atoms with Gasteiger partial charge in [0, 0.05) is 38.6 Å². The molecule has 7 nitrogen and oxygen atoms in total. The van der Waals surface area contributed by atoms with Gasteiger partial charge in [0.15, 0.2) is 5.96 Å². The van der Waals surface area contributed by atoms with Gasteiger partial charge in [-0.25, -0.2) is 14.4 Å². The Hall–Kier alpha value is -2.45. The molecule has 0 radical (unpaired) electrons. The van der Waals surface area contributed by atoms with Crippen LogP contribution >= 0.6 is 0 Å². The Morgan fingerprint density at radius 2 is 2.21 bits per heavy atom. The summed E-state index contributed by atoms with van der Waals surface area (Å²) in [6.07, 6.45) is 7.33. The second-order valence-corrected chi connectivity index (χ2v) is 7.33. The van der Waals surface area contributed by atoms with Crippen molar-refractivity contribution in [2.45, 2.75) is 38.5 Å². The number of imidazole rings is 1. The van der Waals surface area contributed by atoms with E-state index in [9.17, 15) is 4.39 Å². The summed E-state index contributed by atoms with van der Waals surface area (Å²) in [5.41, 5.74) is 1.31. The molecule has 156 valence electrons. The zero-order valence-corrected chi connectivity index (χ0v) is 16.8. The van der Waals surface area contributed by atoms with Crippen molar-refractivity contribution < 1.29 is 13.9 Å². The minimum absolute atomic E-state index is 0.0713. The highest BCUT2D eigenvalue weighted by Crippen LogP contribution is 2.21. The van der Waals surface area contributed by atoms with E-state index in [1.54, 1.807) is 29.4 Å². The Kier molecular flexibility index (Phi) is 6.41. The number of aromatic nitrogens is 2. The molecule has 2 aliphatic heterocycles. The van der Waals surface area contributed by atoms with Crippen molar-refractivity contribution in [1.29, 1.82) is 0 Å². The molecule has 0 amide bonds. The molecule has 29 heavy (non-hydrogen) atoms. The SMILES string of the molecule is CCNC(=NCc1ccc(-n2ccnc2)c(F)c1)N1CCOC(C2CCCO2)C1. The predicted molar refractivity (Wildman–Crippen MR) is 109 cm³/mol. The fraction of sp³-hybridized carbons (Fsp3) is 0.524. The van der Waals surface area contributed by atoms with Crippen LogP contribution in [0.2, 0.25) is 0 Å². The number of benzene rings is 1. The second-order valence-electron chi connectivity index (χ2n) is 7.33. The molecule has 1 aromatic heterocycles. The van der Waals surface area contributed by atoms with Gasteiger partial charge in [0.05, 0.1) is 31.3 Å². The van der Waals surface area contributed by atoms with Crippen LogP contribution in [-0.4, -0.2) is 65.5 Å². The maximum Gasteiger partial charge on any atom is 0.194 e. The number of halogens is 1. The monoisotopic (exact) mass is 401 g/mol. The van der Waals surface area contributed by atoms with Crippen LogP contribution in [0.5, 0.6) is 0 Å². The number of morpholine rings is 1. The number of nitrogens with one attached hydrogen (secondary N) is 1. The number of ether oxygens (including phenoxy) is 2. The fourth-order valence-electron chi connectivity index (χ4n) is 3.84. The van der Waals surface area contributed by atoms with E-state index in [0.29, 0.717) is 18.8 Å². The van der Waals surface area contributed by atoms with Gasteiger partial charge < -0.3 is 24.3 Å². The molecule has 2 fully saturated rings. The van der Waals surface area contributed by atoms with Crippen LogP contribution in [0.25, 0.3) is 5.69 Å². The van der Waals surface area contributed by atoms with E-state index in [4.69, 9.17) is 14.5 Å². The van der Waals surface area contributed by atoms with Crippen LogP contribution in [0.15, 0.2) is 41.9 Å². The lowest BCUT2D eigenvalue weighted by atomic mass is 10.1. The average molecular weight is 401 g/mol. The Morgan fingerprint density at radius 3 is 2.93 bits per heavy atom. The molecule has 3 heterocycles. The minimum Gasteiger partial charge on any atom is -0.375 e. The molecular formula is C21H28FN5O2. The summed E-state index contributed by atoms with van der Waals surface area (Å²) >= 11 is 0. The molecule has 1 N–H and O–H groups in total. The minimum atomic E-state index is -0.287. The van der Waals surface area contributed by atoms with E-state index < -0.39 is 0 Å². The molecule has 2 aliphatic rings. The summed E-state index contributed by atoms with van der Waals surface area (Å²) < 4.78 is 27.9. The van der Waals surface area contributed by atoms with Crippen molar-refractivity contribution in [1.82, 2.24) is 19.8 Å². The summed E-state index contributed by atoms with van der Waals surface area (Å²) in [6.45, 7) is 6.24. The molecule has 4 rings (SSSR count). The standard InChI is InChI=1S/C21H28FN5O2/c1-2-24-21(26-9-11-29-20(14-26)19-4-3-10-28-19)25-13-16-5-6-18(17(22)12-16)27-8-7-23-15-27/h5-8,12,15,19-20H,2-4,9-11,13-14H2,1H3,(H,24,25). The molecule has 0 saturated carbocycles. The largest absolute Gasteiger partial charge is 0.375 e. The maximum absolute atomic E-state index is 14.5. The maximum atomic E-state index is 14.5. The summed E-state index contributed by atoms with van der Waals surface area (Å²) in [5.74, 6) is 0.545. The van der Waals surface area contributed by atoms with Crippen LogP contribution in [0, 0.1) is 5.82 Å². The van der Waals surface area contributed by atoms with Crippen molar-refractivity contribution in [3.63, 3.8) is 0 Å². The van der Waals surface area contributed by atoms with E-state index in [2.05, 4.69) is 15.2 Å². The molecule has 0 spiro atoms. The first-order valence-corrected chi connectivity index (χ1v) is 10.3. The molecule has 2 aromatic rings. The average Bonchev–Trinajstić information content (AvgIpc) is 3.45. The van der Waals surface area contributed by atoms with Crippen molar-refractivity contribution in [2.75, 3.05) is 32.8 Å². The van der Waals surface area contributed by atoms with Gasteiger partial charge in [-0.1, -0.05) is 6.07 Å². The molecule has 1 aromatic carbocycles. The van der Waals surface area contributed by atoms with Gasteiger partial charge in [0.25, 0.3) is 0 Å². The zero-order valence-electron chi connectivity index (χ0n) is 16.8. The molecule has 0 aliphatic carbocycles. The summed E-state index contributed by atoms with van der Waals surface area (Å²) in [6, 6.07) is 5.20. The van der Waals surface area contributed by atoms with Crippen LogP contribution in [-0.2, 0) is 16.0 Å². The van der Waals surface area contributed by atoms with Gasteiger partial charge in [0.2, 0.25) is 0 Å². The van der Waals surface area contributed by atoms with Crippen LogP contribution in [0.3, 0.4) is 0 Å². The lowest BCUT2D eigenvalue weighted by Gasteiger charge is -2.37. The quantitative estimate of drug-likeness (QED) is 0.616. The highest BCUT2D eigenvalue weighted by Gasteiger charge is 2.32. The Labute approximate surface area is 170 Å². The lowest BCUT2D eigenvalue weighted by Crippen LogP contribution is -2.53. The third-order valence-electron chi connectivity index (χ3n) is 5.31. The van der Waals surface area contributed by atoms with Crippen LogP contribution < -0.4 is 5.32 Å². The van der Waals surface area contributed by atoms with Crippen molar-refractivity contribution in [3.8, 4) is 5.69 Å². The third-order valence-corrected chi connectivity index (χ3v) is 5.31. The Morgan fingerprint density at radius 1 is 1.31 bits per heavy atom. The smallest absolute Gasteiger partial charge is 0.194 e.